The Hall–Kier alpha value is -0.240. The Bertz CT molecular complexity index is 337. The molecule has 0 saturated carbocycles. The van der Waals surface area contributed by atoms with Crippen LogP contribution in [0, 0.1) is 5.92 Å². The molecule has 1 rings (SSSR count). The summed E-state index contributed by atoms with van der Waals surface area (Å²) in [5.74, 6) is 0.624. The minimum absolute atomic E-state index is 0.288. The maximum Gasteiger partial charge on any atom is 0.0640 e. The standard InChI is InChI=1S/C13H19Cl2N/c1-4-16-12(8-9(2)3)10-6-5-7-11(14)13(10)15/h5-7,9,12,16H,4,8H2,1-3H3. The van der Waals surface area contributed by atoms with Crippen LogP contribution in [0.3, 0.4) is 0 Å². The molecule has 1 aromatic rings. The number of hydrogen-bond donors (Lipinski definition) is 1. The highest BCUT2D eigenvalue weighted by Crippen LogP contribution is 2.32. The minimum atomic E-state index is 0.288. The molecule has 16 heavy (non-hydrogen) atoms. The van der Waals surface area contributed by atoms with Crippen LogP contribution in [-0.4, -0.2) is 6.54 Å². The minimum Gasteiger partial charge on any atom is -0.310 e. The van der Waals surface area contributed by atoms with Gasteiger partial charge in [-0.2, -0.15) is 0 Å². The maximum absolute atomic E-state index is 6.24. The van der Waals surface area contributed by atoms with Crippen LogP contribution in [0.1, 0.15) is 38.8 Å². The van der Waals surface area contributed by atoms with Crippen LogP contribution < -0.4 is 5.32 Å². The predicted octanol–water partition coefficient (Wildman–Crippen LogP) is 4.69. The third kappa shape index (κ3) is 3.65. The highest BCUT2D eigenvalue weighted by atomic mass is 35.5. The smallest absolute Gasteiger partial charge is 0.0640 e. The summed E-state index contributed by atoms with van der Waals surface area (Å²) in [6.45, 7) is 7.46. The van der Waals surface area contributed by atoms with Gasteiger partial charge in [0, 0.05) is 6.04 Å². The molecule has 0 spiro atoms. The molecule has 0 bridgehead atoms. The summed E-state index contributed by atoms with van der Waals surface area (Å²) in [4.78, 5) is 0. The number of hydrogen-bond acceptors (Lipinski definition) is 1. The molecule has 0 radical (unpaired) electrons. The normalized spacial score (nSPS) is 13.1. The molecule has 0 heterocycles. The van der Waals surface area contributed by atoms with E-state index in [2.05, 4.69) is 26.1 Å². The Morgan fingerprint density at radius 3 is 2.50 bits per heavy atom. The lowest BCUT2D eigenvalue weighted by molar-refractivity contribution is 0.438. The lowest BCUT2D eigenvalue weighted by Gasteiger charge is -2.21. The van der Waals surface area contributed by atoms with Crippen LogP contribution in [0.2, 0.25) is 10.0 Å². The summed E-state index contributed by atoms with van der Waals surface area (Å²) in [6, 6.07) is 6.11. The van der Waals surface area contributed by atoms with Gasteiger partial charge in [0.2, 0.25) is 0 Å². The molecule has 3 heteroatoms. The number of benzene rings is 1. The fourth-order valence-electron chi connectivity index (χ4n) is 1.83. The van der Waals surface area contributed by atoms with E-state index in [1.54, 1.807) is 0 Å². The van der Waals surface area contributed by atoms with E-state index in [1.165, 1.54) is 0 Å². The second-order valence-corrected chi connectivity index (χ2v) is 5.17. The Labute approximate surface area is 108 Å². The fourth-order valence-corrected chi connectivity index (χ4v) is 2.27. The van der Waals surface area contributed by atoms with Gasteiger partial charge in [0.05, 0.1) is 10.0 Å². The SMILES string of the molecule is CCNC(CC(C)C)c1cccc(Cl)c1Cl. The van der Waals surface area contributed by atoms with Gasteiger partial charge in [-0.25, -0.2) is 0 Å². The average molecular weight is 260 g/mol. The molecule has 1 unspecified atom stereocenters. The van der Waals surface area contributed by atoms with Crippen molar-refractivity contribution in [3.63, 3.8) is 0 Å². The zero-order chi connectivity index (χ0) is 12.1. The van der Waals surface area contributed by atoms with E-state index in [-0.39, 0.29) is 6.04 Å². The summed E-state index contributed by atoms with van der Waals surface area (Å²) in [7, 11) is 0. The predicted molar refractivity (Wildman–Crippen MR) is 72.3 cm³/mol. The first-order valence-electron chi connectivity index (χ1n) is 5.73. The molecule has 1 atom stereocenters. The van der Waals surface area contributed by atoms with Crippen LogP contribution in [0.5, 0.6) is 0 Å². The molecule has 0 aliphatic rings. The first-order valence-corrected chi connectivity index (χ1v) is 6.49. The van der Waals surface area contributed by atoms with Crippen LogP contribution in [0.4, 0.5) is 0 Å². The van der Waals surface area contributed by atoms with Crippen molar-refractivity contribution in [1.29, 1.82) is 0 Å². The quantitative estimate of drug-likeness (QED) is 0.809. The second-order valence-electron chi connectivity index (χ2n) is 4.38. The van der Waals surface area contributed by atoms with E-state index >= 15 is 0 Å². The van der Waals surface area contributed by atoms with Crippen molar-refractivity contribution in [2.75, 3.05) is 6.54 Å². The van der Waals surface area contributed by atoms with Crippen LogP contribution in [0.25, 0.3) is 0 Å². The highest BCUT2D eigenvalue weighted by Gasteiger charge is 2.16. The van der Waals surface area contributed by atoms with Gasteiger partial charge in [0.15, 0.2) is 0 Å². The third-order valence-corrected chi connectivity index (χ3v) is 3.35. The van der Waals surface area contributed by atoms with Crippen molar-refractivity contribution in [2.45, 2.75) is 33.2 Å². The van der Waals surface area contributed by atoms with E-state index in [0.29, 0.717) is 16.0 Å². The molecule has 1 nitrogen and oxygen atoms in total. The van der Waals surface area contributed by atoms with E-state index in [9.17, 15) is 0 Å². The van der Waals surface area contributed by atoms with Crippen molar-refractivity contribution in [3.05, 3.63) is 33.8 Å². The topological polar surface area (TPSA) is 12.0 Å². The summed E-state index contributed by atoms with van der Waals surface area (Å²) < 4.78 is 0. The van der Waals surface area contributed by atoms with Crippen molar-refractivity contribution in [3.8, 4) is 0 Å². The van der Waals surface area contributed by atoms with Gasteiger partial charge in [-0.05, 0) is 30.5 Å². The number of nitrogens with one attached hydrogen (secondary N) is 1. The lowest BCUT2D eigenvalue weighted by Crippen LogP contribution is -2.22. The zero-order valence-corrected chi connectivity index (χ0v) is 11.6. The van der Waals surface area contributed by atoms with Gasteiger partial charge in [-0.15, -0.1) is 0 Å². The summed E-state index contributed by atoms with van der Waals surface area (Å²) in [5.41, 5.74) is 1.10. The molecular formula is C13H19Cl2N. The average Bonchev–Trinajstić information content (AvgIpc) is 2.21. The van der Waals surface area contributed by atoms with Gasteiger partial charge in [-0.3, -0.25) is 0 Å². The summed E-state index contributed by atoms with van der Waals surface area (Å²) in [6.07, 6.45) is 1.06. The van der Waals surface area contributed by atoms with Crippen LogP contribution in [-0.2, 0) is 0 Å². The van der Waals surface area contributed by atoms with E-state index in [0.717, 1.165) is 18.5 Å². The molecule has 0 aromatic heterocycles. The van der Waals surface area contributed by atoms with Gasteiger partial charge < -0.3 is 5.32 Å². The molecule has 0 amide bonds. The van der Waals surface area contributed by atoms with Gasteiger partial charge in [0.25, 0.3) is 0 Å². The Morgan fingerprint density at radius 2 is 1.94 bits per heavy atom. The van der Waals surface area contributed by atoms with Crippen molar-refractivity contribution in [2.24, 2.45) is 5.92 Å². The molecular weight excluding hydrogens is 241 g/mol. The zero-order valence-electron chi connectivity index (χ0n) is 10.1. The lowest BCUT2D eigenvalue weighted by atomic mass is 9.97. The highest BCUT2D eigenvalue weighted by molar-refractivity contribution is 6.42. The Balaban J connectivity index is 2.96. The first-order chi connectivity index (χ1) is 7.56. The Morgan fingerprint density at radius 1 is 1.25 bits per heavy atom. The third-order valence-electron chi connectivity index (χ3n) is 2.51. The van der Waals surface area contributed by atoms with Gasteiger partial charge in [0.1, 0.15) is 0 Å². The first kappa shape index (κ1) is 13.8. The van der Waals surface area contributed by atoms with E-state index in [1.807, 2.05) is 18.2 Å². The molecule has 0 aliphatic carbocycles. The monoisotopic (exact) mass is 259 g/mol. The van der Waals surface area contributed by atoms with Crippen LogP contribution >= 0.6 is 23.2 Å². The number of halogens is 2. The molecule has 1 N–H and O–H groups in total. The van der Waals surface area contributed by atoms with Crippen molar-refractivity contribution >= 4 is 23.2 Å². The molecule has 0 saturated heterocycles. The van der Waals surface area contributed by atoms with Gasteiger partial charge in [-0.1, -0.05) is 56.1 Å². The van der Waals surface area contributed by atoms with E-state index in [4.69, 9.17) is 23.2 Å². The summed E-state index contributed by atoms with van der Waals surface area (Å²) in [5, 5.41) is 4.76. The largest absolute Gasteiger partial charge is 0.310 e. The maximum atomic E-state index is 6.24. The van der Waals surface area contributed by atoms with Crippen molar-refractivity contribution in [1.82, 2.24) is 5.32 Å². The number of rotatable bonds is 5. The Kier molecular flexibility index (Phi) is 5.60. The molecule has 90 valence electrons. The van der Waals surface area contributed by atoms with Crippen LogP contribution in [0.15, 0.2) is 18.2 Å². The van der Waals surface area contributed by atoms with Gasteiger partial charge >= 0.3 is 0 Å². The summed E-state index contributed by atoms with van der Waals surface area (Å²) >= 11 is 12.3. The molecule has 1 aromatic carbocycles. The van der Waals surface area contributed by atoms with Crippen molar-refractivity contribution < 1.29 is 0 Å². The molecule has 0 fully saturated rings. The fraction of sp³-hybridized carbons (Fsp3) is 0.538. The second kappa shape index (κ2) is 6.48. The van der Waals surface area contributed by atoms with E-state index < -0.39 is 0 Å². The molecule has 0 aliphatic heterocycles.